The smallest absolute Gasteiger partial charge is 0.225 e. The van der Waals surface area contributed by atoms with Crippen LogP contribution in [-0.2, 0) is 18.4 Å². The monoisotopic (exact) mass is 380 g/mol. The zero-order chi connectivity index (χ0) is 16.4. The van der Waals surface area contributed by atoms with Crippen molar-refractivity contribution in [1.29, 1.82) is 0 Å². The fraction of sp³-hybridized carbons (Fsp3) is 0.375. The first kappa shape index (κ1) is 16.1. The van der Waals surface area contributed by atoms with Gasteiger partial charge in [0.15, 0.2) is 0 Å². The number of hydrogen-bond donors (Lipinski definition) is 2. The first-order valence-electron chi connectivity index (χ1n) is 7.45. The van der Waals surface area contributed by atoms with Gasteiger partial charge in [-0.25, -0.2) is 4.39 Å². The molecule has 1 aliphatic heterocycles. The molecule has 0 radical (unpaired) electrons. The summed E-state index contributed by atoms with van der Waals surface area (Å²) in [7, 11) is 1.86. The van der Waals surface area contributed by atoms with Crippen LogP contribution in [0.1, 0.15) is 17.0 Å². The first-order chi connectivity index (χ1) is 11.0. The van der Waals surface area contributed by atoms with Crippen LogP contribution in [0.4, 0.5) is 4.39 Å². The molecule has 1 aliphatic rings. The van der Waals surface area contributed by atoms with E-state index in [0.29, 0.717) is 13.1 Å². The summed E-state index contributed by atoms with van der Waals surface area (Å²) in [5, 5.41) is 10.4. The van der Waals surface area contributed by atoms with Gasteiger partial charge >= 0.3 is 0 Å². The minimum Gasteiger partial charge on any atom is -0.352 e. The van der Waals surface area contributed by atoms with Gasteiger partial charge in [0, 0.05) is 43.3 Å². The fourth-order valence-corrected chi connectivity index (χ4v) is 3.32. The van der Waals surface area contributed by atoms with Crippen LogP contribution in [0.2, 0.25) is 0 Å². The number of hydrogen-bond acceptors (Lipinski definition) is 3. The molecule has 0 saturated carbocycles. The number of nitrogens with one attached hydrogen (secondary N) is 2. The largest absolute Gasteiger partial charge is 0.352 e. The predicted octanol–water partition coefficient (Wildman–Crippen LogP) is 1.94. The molecule has 2 heterocycles. The molecule has 7 heteroatoms. The molecule has 122 valence electrons. The molecule has 0 unspecified atom stereocenters. The first-order valence-corrected chi connectivity index (χ1v) is 8.25. The average molecular weight is 381 g/mol. The maximum atomic E-state index is 13.3. The van der Waals surface area contributed by atoms with Gasteiger partial charge in [0.05, 0.1) is 12.1 Å². The lowest BCUT2D eigenvalue weighted by atomic mass is 9.90. The highest BCUT2D eigenvalue weighted by Gasteiger charge is 2.34. The summed E-state index contributed by atoms with van der Waals surface area (Å²) < 4.78 is 15.8. The molecule has 1 aromatic heterocycles. The molecule has 23 heavy (non-hydrogen) atoms. The molecule has 1 amide bonds. The van der Waals surface area contributed by atoms with Crippen LogP contribution in [-0.4, -0.2) is 28.8 Å². The van der Waals surface area contributed by atoms with Gasteiger partial charge in [0.1, 0.15) is 5.82 Å². The molecule has 0 bridgehead atoms. The van der Waals surface area contributed by atoms with Crippen molar-refractivity contribution in [3.63, 3.8) is 0 Å². The Balaban J connectivity index is 1.66. The summed E-state index contributed by atoms with van der Waals surface area (Å²) >= 11 is 3.37. The van der Waals surface area contributed by atoms with Crippen LogP contribution in [0.15, 0.2) is 35.1 Å². The molecule has 3 rings (SSSR count). The van der Waals surface area contributed by atoms with Crippen molar-refractivity contribution in [2.45, 2.75) is 12.5 Å². The zero-order valence-corrected chi connectivity index (χ0v) is 14.3. The van der Waals surface area contributed by atoms with Crippen LogP contribution < -0.4 is 10.6 Å². The molecule has 0 spiro atoms. The Labute approximate surface area is 142 Å². The Morgan fingerprint density at radius 1 is 1.52 bits per heavy atom. The number of rotatable bonds is 4. The molecule has 0 aliphatic carbocycles. The summed E-state index contributed by atoms with van der Waals surface area (Å²) in [5.41, 5.74) is 1.78. The number of amides is 1. The van der Waals surface area contributed by atoms with E-state index >= 15 is 0 Å². The van der Waals surface area contributed by atoms with Crippen molar-refractivity contribution in [3.8, 4) is 0 Å². The van der Waals surface area contributed by atoms with Crippen molar-refractivity contribution >= 4 is 21.8 Å². The SMILES string of the molecule is Cn1cc([C@H]2CNC[C@@H]2C(=O)NCc2cc(F)ccc2Br)cn1. The maximum Gasteiger partial charge on any atom is 0.225 e. The molecule has 2 aromatic rings. The normalized spacial score (nSPS) is 20.7. The van der Waals surface area contributed by atoms with Gasteiger partial charge in [-0.15, -0.1) is 0 Å². The number of benzene rings is 1. The van der Waals surface area contributed by atoms with E-state index in [4.69, 9.17) is 0 Å². The Kier molecular flexibility index (Phi) is 4.77. The van der Waals surface area contributed by atoms with Gasteiger partial charge in [-0.05, 0) is 29.3 Å². The molecule has 2 N–H and O–H groups in total. The molecule has 1 aromatic carbocycles. The quantitative estimate of drug-likeness (QED) is 0.851. The highest BCUT2D eigenvalue weighted by atomic mass is 79.9. The number of aryl methyl sites for hydroxylation is 1. The third kappa shape index (κ3) is 3.61. The Hall–Kier alpha value is -1.73. The third-order valence-electron chi connectivity index (χ3n) is 4.16. The molecular weight excluding hydrogens is 363 g/mol. The van der Waals surface area contributed by atoms with E-state index < -0.39 is 0 Å². The Morgan fingerprint density at radius 2 is 2.35 bits per heavy atom. The van der Waals surface area contributed by atoms with Crippen LogP contribution in [0, 0.1) is 11.7 Å². The third-order valence-corrected chi connectivity index (χ3v) is 4.94. The van der Waals surface area contributed by atoms with Crippen molar-refractivity contribution in [3.05, 3.63) is 52.0 Å². The summed E-state index contributed by atoms with van der Waals surface area (Å²) in [5.74, 6) is -0.376. The number of nitrogens with zero attached hydrogens (tertiary/aromatic N) is 2. The maximum absolute atomic E-state index is 13.3. The minimum absolute atomic E-state index is 0.0278. The topological polar surface area (TPSA) is 59.0 Å². The summed E-state index contributed by atoms with van der Waals surface area (Å²) in [6.07, 6.45) is 3.75. The van der Waals surface area contributed by atoms with Crippen LogP contribution in [0.3, 0.4) is 0 Å². The molecule has 2 atom stereocenters. The highest BCUT2D eigenvalue weighted by molar-refractivity contribution is 9.10. The second kappa shape index (κ2) is 6.80. The second-order valence-electron chi connectivity index (χ2n) is 5.77. The average Bonchev–Trinajstić information content (AvgIpc) is 3.16. The lowest BCUT2D eigenvalue weighted by Crippen LogP contribution is -2.34. The van der Waals surface area contributed by atoms with Gasteiger partial charge < -0.3 is 10.6 Å². The van der Waals surface area contributed by atoms with E-state index in [1.165, 1.54) is 12.1 Å². The Bertz CT molecular complexity index is 718. The standard InChI is InChI=1S/C16H18BrFN4O/c1-22-9-11(6-21-22)13-7-19-8-14(13)16(23)20-5-10-4-12(18)2-3-15(10)17/h2-4,6,9,13-14,19H,5,7-8H2,1H3,(H,20,23)/t13-,14+/m1/s1. The summed E-state index contributed by atoms with van der Waals surface area (Å²) in [6, 6.07) is 4.46. The van der Waals surface area contributed by atoms with Crippen LogP contribution in [0.5, 0.6) is 0 Å². The van der Waals surface area contributed by atoms with E-state index in [1.54, 1.807) is 16.9 Å². The van der Waals surface area contributed by atoms with Gasteiger partial charge in [0.25, 0.3) is 0 Å². The molecule has 1 fully saturated rings. The fourth-order valence-electron chi connectivity index (χ4n) is 2.93. The lowest BCUT2D eigenvalue weighted by molar-refractivity contribution is -0.125. The Morgan fingerprint density at radius 3 is 3.09 bits per heavy atom. The second-order valence-corrected chi connectivity index (χ2v) is 6.63. The van der Waals surface area contributed by atoms with Crippen molar-refractivity contribution in [2.24, 2.45) is 13.0 Å². The van der Waals surface area contributed by atoms with Crippen LogP contribution in [0.25, 0.3) is 0 Å². The van der Waals surface area contributed by atoms with E-state index in [2.05, 4.69) is 31.7 Å². The lowest BCUT2D eigenvalue weighted by Gasteiger charge is -2.17. The van der Waals surface area contributed by atoms with Gasteiger partial charge in [0.2, 0.25) is 5.91 Å². The van der Waals surface area contributed by atoms with E-state index in [-0.39, 0.29) is 23.6 Å². The summed E-state index contributed by atoms with van der Waals surface area (Å²) in [6.45, 7) is 1.69. The van der Waals surface area contributed by atoms with E-state index in [9.17, 15) is 9.18 Å². The van der Waals surface area contributed by atoms with E-state index in [1.807, 2.05) is 13.2 Å². The summed E-state index contributed by atoms with van der Waals surface area (Å²) in [4.78, 5) is 12.5. The number of carbonyl (C=O) groups excluding carboxylic acids is 1. The highest BCUT2D eigenvalue weighted by Crippen LogP contribution is 2.28. The number of halogens is 2. The molecular formula is C16H18BrFN4O. The van der Waals surface area contributed by atoms with Gasteiger partial charge in [-0.2, -0.15) is 5.10 Å². The number of aromatic nitrogens is 2. The van der Waals surface area contributed by atoms with Gasteiger partial charge in [-0.1, -0.05) is 15.9 Å². The number of carbonyl (C=O) groups is 1. The van der Waals surface area contributed by atoms with Crippen molar-refractivity contribution < 1.29 is 9.18 Å². The predicted molar refractivity (Wildman–Crippen MR) is 88.3 cm³/mol. The minimum atomic E-state index is -0.312. The van der Waals surface area contributed by atoms with Crippen molar-refractivity contribution in [2.75, 3.05) is 13.1 Å². The zero-order valence-electron chi connectivity index (χ0n) is 12.7. The molecule has 5 nitrogen and oxygen atoms in total. The van der Waals surface area contributed by atoms with Crippen molar-refractivity contribution in [1.82, 2.24) is 20.4 Å². The van der Waals surface area contributed by atoms with Crippen LogP contribution >= 0.6 is 15.9 Å². The van der Waals surface area contributed by atoms with Gasteiger partial charge in [-0.3, -0.25) is 9.48 Å². The van der Waals surface area contributed by atoms with E-state index in [0.717, 1.165) is 22.1 Å². The molecule has 1 saturated heterocycles.